The summed E-state index contributed by atoms with van der Waals surface area (Å²) in [6.45, 7) is 2.90. The number of carbonyl (C=O) groups is 1. The molecular formula is C19H26ClN3O2. The lowest BCUT2D eigenvalue weighted by Crippen LogP contribution is -2.54. The average Bonchev–Trinajstić information content (AvgIpc) is 2.61. The van der Waals surface area contributed by atoms with Crippen LogP contribution in [0.2, 0.25) is 5.02 Å². The fraction of sp³-hybridized carbons (Fsp3) is 0.579. The number of amides is 1. The van der Waals surface area contributed by atoms with Crippen LogP contribution >= 0.6 is 11.6 Å². The number of nitrogens with zero attached hydrogens (tertiary/aromatic N) is 2. The van der Waals surface area contributed by atoms with Gasteiger partial charge in [-0.25, -0.2) is 0 Å². The molecule has 1 aromatic rings. The summed E-state index contributed by atoms with van der Waals surface area (Å²) in [7, 11) is 1.88. The first-order valence-electron chi connectivity index (χ1n) is 8.78. The van der Waals surface area contributed by atoms with Crippen LogP contribution in [0.5, 0.6) is 5.75 Å². The van der Waals surface area contributed by atoms with Crippen LogP contribution in [0.1, 0.15) is 39.0 Å². The Morgan fingerprint density at radius 1 is 1.44 bits per heavy atom. The van der Waals surface area contributed by atoms with E-state index in [-0.39, 0.29) is 11.9 Å². The summed E-state index contributed by atoms with van der Waals surface area (Å²) < 4.78 is 5.67. The number of halogens is 1. The third-order valence-electron chi connectivity index (χ3n) is 4.83. The van der Waals surface area contributed by atoms with Gasteiger partial charge in [0.05, 0.1) is 12.1 Å². The highest BCUT2D eigenvalue weighted by molar-refractivity contribution is 6.30. The molecule has 0 bridgehead atoms. The summed E-state index contributed by atoms with van der Waals surface area (Å²) in [6.07, 6.45) is 4.60. The van der Waals surface area contributed by atoms with E-state index in [0.717, 1.165) is 32.1 Å². The maximum atomic E-state index is 12.5. The van der Waals surface area contributed by atoms with Crippen LogP contribution in [-0.2, 0) is 4.79 Å². The van der Waals surface area contributed by atoms with Crippen molar-refractivity contribution >= 4 is 17.5 Å². The van der Waals surface area contributed by atoms with E-state index in [1.165, 1.54) is 0 Å². The zero-order valence-corrected chi connectivity index (χ0v) is 15.7. The van der Waals surface area contributed by atoms with Crippen molar-refractivity contribution in [3.05, 3.63) is 29.3 Å². The van der Waals surface area contributed by atoms with Gasteiger partial charge in [0.1, 0.15) is 17.9 Å². The van der Waals surface area contributed by atoms with E-state index >= 15 is 0 Å². The summed E-state index contributed by atoms with van der Waals surface area (Å²) in [6, 6.07) is 9.24. The van der Waals surface area contributed by atoms with Gasteiger partial charge in [-0.1, -0.05) is 36.9 Å². The highest BCUT2D eigenvalue weighted by atomic mass is 35.5. The largest absolute Gasteiger partial charge is 0.492 e. The van der Waals surface area contributed by atoms with Crippen molar-refractivity contribution in [1.82, 2.24) is 10.2 Å². The Kier molecular flexibility index (Phi) is 7.10. The lowest BCUT2D eigenvalue weighted by atomic mass is 9.82. The molecule has 1 amide bonds. The Morgan fingerprint density at radius 3 is 2.80 bits per heavy atom. The predicted molar refractivity (Wildman–Crippen MR) is 98.6 cm³/mol. The summed E-state index contributed by atoms with van der Waals surface area (Å²) >= 11 is 5.93. The zero-order chi connectivity index (χ0) is 18.3. The third-order valence-corrected chi connectivity index (χ3v) is 5.07. The van der Waals surface area contributed by atoms with Gasteiger partial charge in [-0.2, -0.15) is 5.26 Å². The lowest BCUT2D eigenvalue weighted by molar-refractivity contribution is -0.127. The molecule has 1 aliphatic rings. The molecule has 1 saturated carbocycles. The maximum absolute atomic E-state index is 12.5. The van der Waals surface area contributed by atoms with Crippen LogP contribution in [0.4, 0.5) is 0 Å². The van der Waals surface area contributed by atoms with E-state index < -0.39 is 5.54 Å². The molecule has 5 nitrogen and oxygen atoms in total. The van der Waals surface area contributed by atoms with Crippen LogP contribution in [0.3, 0.4) is 0 Å². The molecule has 0 heterocycles. The molecule has 0 aromatic heterocycles. The standard InChI is InChI=1S/C19H26ClN3O2/c1-15(18(24)22-19(14-21)9-4-3-5-10-19)23(2)11-12-25-17-8-6-7-16(20)13-17/h6-8,13,15H,3-5,9-12H2,1-2H3,(H,22,24). The second-order valence-corrected chi connectivity index (χ2v) is 7.14. The molecule has 0 saturated heterocycles. The monoisotopic (exact) mass is 363 g/mol. The molecule has 1 N–H and O–H groups in total. The molecule has 1 fully saturated rings. The van der Waals surface area contributed by atoms with Crippen molar-refractivity contribution in [2.24, 2.45) is 0 Å². The first-order chi connectivity index (χ1) is 12.0. The number of nitriles is 1. The van der Waals surface area contributed by atoms with Crippen molar-refractivity contribution in [3.8, 4) is 11.8 Å². The van der Waals surface area contributed by atoms with E-state index in [1.54, 1.807) is 12.1 Å². The summed E-state index contributed by atoms with van der Waals surface area (Å²) in [5.41, 5.74) is -0.693. The van der Waals surface area contributed by atoms with E-state index in [4.69, 9.17) is 16.3 Å². The number of hydrogen-bond acceptors (Lipinski definition) is 4. The number of ether oxygens (including phenoxy) is 1. The molecule has 25 heavy (non-hydrogen) atoms. The smallest absolute Gasteiger partial charge is 0.238 e. The highest BCUT2D eigenvalue weighted by Gasteiger charge is 2.35. The van der Waals surface area contributed by atoms with Crippen molar-refractivity contribution < 1.29 is 9.53 Å². The maximum Gasteiger partial charge on any atom is 0.238 e. The SMILES string of the molecule is CC(C(=O)NC1(C#N)CCCCC1)N(C)CCOc1cccc(Cl)c1. The summed E-state index contributed by atoms with van der Waals surface area (Å²) in [5.74, 6) is 0.609. The predicted octanol–water partition coefficient (Wildman–Crippen LogP) is 3.38. The van der Waals surface area contributed by atoms with Crippen molar-refractivity contribution in [2.75, 3.05) is 20.2 Å². The molecule has 0 spiro atoms. The first kappa shape index (κ1) is 19.6. The topological polar surface area (TPSA) is 65.4 Å². The van der Waals surface area contributed by atoms with Crippen LogP contribution in [-0.4, -0.2) is 42.6 Å². The molecule has 0 radical (unpaired) electrons. The summed E-state index contributed by atoms with van der Waals surface area (Å²) in [5, 5.41) is 13.1. The molecule has 6 heteroatoms. The van der Waals surface area contributed by atoms with Crippen molar-refractivity contribution in [2.45, 2.75) is 50.6 Å². The van der Waals surface area contributed by atoms with Gasteiger partial charge in [-0.05, 0) is 45.0 Å². The van der Waals surface area contributed by atoms with Gasteiger partial charge in [-0.3, -0.25) is 9.69 Å². The van der Waals surface area contributed by atoms with Gasteiger partial charge >= 0.3 is 0 Å². The second-order valence-electron chi connectivity index (χ2n) is 6.71. The third kappa shape index (κ3) is 5.62. The molecule has 1 unspecified atom stereocenters. The van der Waals surface area contributed by atoms with E-state index in [9.17, 15) is 10.1 Å². The number of nitrogens with one attached hydrogen (secondary N) is 1. The minimum absolute atomic E-state index is 0.103. The first-order valence-corrected chi connectivity index (χ1v) is 9.15. The number of likely N-dealkylation sites (N-methyl/N-ethyl adjacent to an activating group) is 1. The van der Waals surface area contributed by atoms with Gasteiger partial charge in [0.15, 0.2) is 0 Å². The van der Waals surface area contributed by atoms with E-state index in [1.807, 2.05) is 31.0 Å². The van der Waals surface area contributed by atoms with Crippen LogP contribution in [0.15, 0.2) is 24.3 Å². The minimum Gasteiger partial charge on any atom is -0.492 e. The average molecular weight is 364 g/mol. The number of benzene rings is 1. The van der Waals surface area contributed by atoms with Crippen LogP contribution < -0.4 is 10.1 Å². The highest BCUT2D eigenvalue weighted by Crippen LogP contribution is 2.27. The Morgan fingerprint density at radius 2 is 2.16 bits per heavy atom. The fourth-order valence-electron chi connectivity index (χ4n) is 3.02. The Bertz CT molecular complexity index is 623. The molecular weight excluding hydrogens is 338 g/mol. The van der Waals surface area contributed by atoms with Gasteiger partial charge in [0, 0.05) is 11.6 Å². The van der Waals surface area contributed by atoms with E-state index in [0.29, 0.717) is 23.9 Å². The molecule has 136 valence electrons. The molecule has 1 atom stereocenters. The Balaban J connectivity index is 1.81. The zero-order valence-electron chi connectivity index (χ0n) is 14.9. The fourth-order valence-corrected chi connectivity index (χ4v) is 3.20. The Labute approximate surface area is 154 Å². The van der Waals surface area contributed by atoms with Crippen LogP contribution in [0, 0.1) is 11.3 Å². The quantitative estimate of drug-likeness (QED) is 0.806. The van der Waals surface area contributed by atoms with Gasteiger partial charge in [-0.15, -0.1) is 0 Å². The normalized spacial score (nSPS) is 17.6. The van der Waals surface area contributed by atoms with Crippen molar-refractivity contribution in [1.29, 1.82) is 5.26 Å². The molecule has 1 aliphatic carbocycles. The van der Waals surface area contributed by atoms with Gasteiger partial charge in [0.25, 0.3) is 0 Å². The molecule has 2 rings (SSSR count). The molecule has 0 aliphatic heterocycles. The number of rotatable bonds is 7. The van der Waals surface area contributed by atoms with Gasteiger partial charge < -0.3 is 10.1 Å². The second kappa shape index (κ2) is 9.07. The molecule has 1 aromatic carbocycles. The summed E-state index contributed by atoms with van der Waals surface area (Å²) in [4.78, 5) is 14.5. The van der Waals surface area contributed by atoms with Crippen LogP contribution in [0.25, 0.3) is 0 Å². The number of hydrogen-bond donors (Lipinski definition) is 1. The van der Waals surface area contributed by atoms with Gasteiger partial charge in [0.2, 0.25) is 5.91 Å². The van der Waals surface area contributed by atoms with Crippen molar-refractivity contribution in [3.63, 3.8) is 0 Å². The number of carbonyl (C=O) groups excluding carboxylic acids is 1. The van der Waals surface area contributed by atoms with E-state index in [2.05, 4.69) is 11.4 Å². The Hall–Kier alpha value is -1.77. The lowest BCUT2D eigenvalue weighted by Gasteiger charge is -2.34. The minimum atomic E-state index is -0.693.